The van der Waals surface area contributed by atoms with Gasteiger partial charge in [0.15, 0.2) is 0 Å². The largest absolute Gasteiger partial charge is 0.0956 e. The predicted octanol–water partition coefficient (Wildman–Crippen LogP) is 5.49. The van der Waals surface area contributed by atoms with Crippen molar-refractivity contribution >= 4 is 5.57 Å². The molecule has 0 aliphatic heterocycles. The first-order valence-electron chi connectivity index (χ1n) is 6.22. The molecule has 0 aromatic heterocycles. The van der Waals surface area contributed by atoms with Gasteiger partial charge in [-0.1, -0.05) is 88.9 Å². The van der Waals surface area contributed by atoms with E-state index in [4.69, 9.17) is 0 Å². The van der Waals surface area contributed by atoms with E-state index in [0.29, 0.717) is 5.92 Å². The molecule has 0 heterocycles. The Bertz CT molecular complexity index is 366. The van der Waals surface area contributed by atoms with Gasteiger partial charge in [-0.15, -0.1) is 0 Å². The molecule has 0 nitrogen and oxygen atoms in total. The van der Waals surface area contributed by atoms with Crippen LogP contribution in [0.4, 0.5) is 0 Å². The third kappa shape index (κ3) is 5.91. The van der Waals surface area contributed by atoms with Crippen LogP contribution in [-0.2, 0) is 0 Å². The molecule has 0 amide bonds. The number of rotatable bonds is 4. The minimum Gasteiger partial charge on any atom is -0.0956 e. The Morgan fingerprint density at radius 3 is 2.00 bits per heavy atom. The number of hydrogen-bond acceptors (Lipinski definition) is 0. The van der Waals surface area contributed by atoms with E-state index in [1.165, 1.54) is 0 Å². The Kier molecular flexibility index (Phi) is 7.79. The van der Waals surface area contributed by atoms with Gasteiger partial charge in [-0.25, -0.2) is 0 Å². The van der Waals surface area contributed by atoms with Crippen LogP contribution >= 0.6 is 0 Å². The molecule has 1 aromatic rings. The summed E-state index contributed by atoms with van der Waals surface area (Å²) in [7, 11) is 0. The van der Waals surface area contributed by atoms with Gasteiger partial charge in [-0.2, -0.15) is 0 Å². The maximum atomic E-state index is 4.03. The molecule has 1 rings (SSSR count). The molecule has 0 aliphatic rings. The number of hydrogen-bond donors (Lipinski definition) is 0. The Morgan fingerprint density at radius 2 is 1.53 bits per heavy atom. The van der Waals surface area contributed by atoms with Gasteiger partial charge in [0.2, 0.25) is 0 Å². The van der Waals surface area contributed by atoms with Gasteiger partial charge in [-0.3, -0.25) is 0 Å². The summed E-state index contributed by atoms with van der Waals surface area (Å²) < 4.78 is 0. The maximum Gasteiger partial charge on any atom is -0.0190 e. The van der Waals surface area contributed by atoms with Crippen molar-refractivity contribution in [2.45, 2.75) is 27.7 Å². The first-order valence-corrected chi connectivity index (χ1v) is 6.22. The van der Waals surface area contributed by atoms with Gasteiger partial charge in [-0.05, 0) is 17.1 Å². The Hall–Kier alpha value is -1.56. The fourth-order valence-electron chi connectivity index (χ4n) is 1.15. The third-order valence-corrected chi connectivity index (χ3v) is 2.38. The molecule has 17 heavy (non-hydrogen) atoms. The van der Waals surface area contributed by atoms with E-state index in [9.17, 15) is 0 Å². The van der Waals surface area contributed by atoms with Gasteiger partial charge >= 0.3 is 0 Å². The monoisotopic (exact) mass is 228 g/mol. The molecular weight excluding hydrogens is 204 g/mol. The quantitative estimate of drug-likeness (QED) is 0.597. The Labute approximate surface area is 106 Å². The smallest absolute Gasteiger partial charge is 0.0190 e. The molecule has 0 atom stereocenters. The molecule has 0 saturated carbocycles. The molecule has 92 valence electrons. The van der Waals surface area contributed by atoms with Gasteiger partial charge in [0, 0.05) is 0 Å². The second kappa shape index (κ2) is 8.58. The SMILES string of the molecule is C=C(/C=C\C(=C)C(C)C)c1ccccc1.CC. The fraction of sp³-hybridized carbons (Fsp3) is 0.294. The van der Waals surface area contributed by atoms with Crippen molar-refractivity contribution in [3.05, 3.63) is 66.8 Å². The van der Waals surface area contributed by atoms with Crippen molar-refractivity contribution in [1.82, 2.24) is 0 Å². The van der Waals surface area contributed by atoms with Crippen LogP contribution in [0, 0.1) is 5.92 Å². The van der Waals surface area contributed by atoms with E-state index in [2.05, 4.69) is 39.1 Å². The van der Waals surface area contributed by atoms with Crippen molar-refractivity contribution in [2.24, 2.45) is 5.92 Å². The molecule has 0 aliphatic carbocycles. The zero-order valence-corrected chi connectivity index (χ0v) is 11.5. The highest BCUT2D eigenvalue weighted by Crippen LogP contribution is 2.15. The second-order valence-corrected chi connectivity index (χ2v) is 3.95. The molecule has 0 N–H and O–H groups in total. The maximum absolute atomic E-state index is 4.03. The van der Waals surface area contributed by atoms with Crippen LogP contribution in [0.15, 0.2) is 61.2 Å². The lowest BCUT2D eigenvalue weighted by Crippen LogP contribution is -1.87. The van der Waals surface area contributed by atoms with Crippen LogP contribution in [0.1, 0.15) is 33.3 Å². The summed E-state index contributed by atoms with van der Waals surface area (Å²) in [6.07, 6.45) is 4.07. The molecule has 1 aromatic carbocycles. The predicted molar refractivity (Wildman–Crippen MR) is 79.9 cm³/mol. The van der Waals surface area contributed by atoms with Crippen molar-refractivity contribution in [3.63, 3.8) is 0 Å². The number of allylic oxidation sites excluding steroid dienone is 4. The molecule has 0 radical (unpaired) electrons. The third-order valence-electron chi connectivity index (χ3n) is 2.38. The van der Waals surface area contributed by atoms with Gasteiger partial charge in [0.05, 0.1) is 0 Å². The minimum atomic E-state index is 0.491. The Morgan fingerprint density at radius 1 is 1.00 bits per heavy atom. The summed E-state index contributed by atoms with van der Waals surface area (Å²) in [5.74, 6) is 0.491. The molecule has 0 bridgehead atoms. The van der Waals surface area contributed by atoms with E-state index >= 15 is 0 Å². The van der Waals surface area contributed by atoms with Crippen molar-refractivity contribution < 1.29 is 0 Å². The number of benzene rings is 1. The highest BCUT2D eigenvalue weighted by Gasteiger charge is 1.96. The van der Waals surface area contributed by atoms with E-state index in [0.717, 1.165) is 16.7 Å². The molecule has 0 saturated heterocycles. The highest BCUT2D eigenvalue weighted by molar-refractivity contribution is 5.72. The summed E-state index contributed by atoms with van der Waals surface area (Å²) in [5, 5.41) is 0. The van der Waals surface area contributed by atoms with Crippen LogP contribution in [0.2, 0.25) is 0 Å². The normalized spacial score (nSPS) is 9.94. The fourth-order valence-corrected chi connectivity index (χ4v) is 1.15. The van der Waals surface area contributed by atoms with Gasteiger partial charge < -0.3 is 0 Å². The van der Waals surface area contributed by atoms with Crippen molar-refractivity contribution in [2.75, 3.05) is 0 Å². The van der Waals surface area contributed by atoms with Crippen LogP contribution in [-0.4, -0.2) is 0 Å². The average molecular weight is 228 g/mol. The van der Waals surface area contributed by atoms with Crippen LogP contribution in [0.3, 0.4) is 0 Å². The van der Waals surface area contributed by atoms with E-state index in [1.807, 2.05) is 44.2 Å². The van der Waals surface area contributed by atoms with Crippen molar-refractivity contribution in [3.8, 4) is 0 Å². The molecular formula is C17H24. The van der Waals surface area contributed by atoms with E-state index in [1.54, 1.807) is 0 Å². The molecule has 0 fully saturated rings. The van der Waals surface area contributed by atoms with E-state index in [-0.39, 0.29) is 0 Å². The van der Waals surface area contributed by atoms with Crippen LogP contribution in [0.25, 0.3) is 5.57 Å². The second-order valence-electron chi connectivity index (χ2n) is 3.95. The first kappa shape index (κ1) is 15.4. The van der Waals surface area contributed by atoms with Crippen molar-refractivity contribution in [1.29, 1.82) is 0 Å². The summed E-state index contributed by atoms with van der Waals surface area (Å²) in [4.78, 5) is 0. The lowest BCUT2D eigenvalue weighted by Gasteiger charge is -2.04. The molecule has 0 spiro atoms. The standard InChI is InChI=1S/C15H18.C2H6/c1-12(2)13(3)10-11-14(4)15-8-6-5-7-9-15;1-2/h5-12H,3-4H2,1-2H3;1-2H3/b11-10-;. The summed E-state index contributed by atoms with van der Waals surface area (Å²) in [5.41, 5.74) is 3.31. The Balaban J connectivity index is 0.00000121. The first-order chi connectivity index (χ1) is 8.11. The minimum absolute atomic E-state index is 0.491. The van der Waals surface area contributed by atoms with E-state index < -0.39 is 0 Å². The topological polar surface area (TPSA) is 0 Å². The highest BCUT2D eigenvalue weighted by atomic mass is 14.0. The lowest BCUT2D eigenvalue weighted by molar-refractivity contribution is 0.795. The molecule has 0 heteroatoms. The zero-order valence-electron chi connectivity index (χ0n) is 11.5. The van der Waals surface area contributed by atoms with Crippen LogP contribution < -0.4 is 0 Å². The summed E-state index contributed by atoms with van der Waals surface area (Å²) in [6.45, 7) is 16.3. The van der Waals surface area contributed by atoms with Gasteiger partial charge in [0.25, 0.3) is 0 Å². The summed E-state index contributed by atoms with van der Waals surface area (Å²) >= 11 is 0. The summed E-state index contributed by atoms with van der Waals surface area (Å²) in [6, 6.07) is 10.2. The molecule has 0 unspecified atom stereocenters. The zero-order chi connectivity index (χ0) is 13.3. The van der Waals surface area contributed by atoms with Gasteiger partial charge in [0.1, 0.15) is 0 Å². The lowest BCUT2D eigenvalue weighted by atomic mass is 10.0. The average Bonchev–Trinajstić information content (AvgIpc) is 2.38. The van der Waals surface area contributed by atoms with Crippen LogP contribution in [0.5, 0.6) is 0 Å².